The van der Waals surface area contributed by atoms with Crippen LogP contribution < -0.4 is 0 Å². The maximum Gasteiger partial charge on any atom is 0.0351 e. The summed E-state index contributed by atoms with van der Waals surface area (Å²) in [5.74, 6) is 0. The second kappa shape index (κ2) is 1530. The number of ether oxygens (including phenoxy) is 9. The first-order chi connectivity index (χ1) is 21.1. The van der Waals surface area contributed by atoms with Crippen molar-refractivity contribution in [3.63, 3.8) is 0 Å². The lowest BCUT2D eigenvalue weighted by atomic mass is 10.4. The molecule has 0 unspecified atom stereocenters. The molecule has 3 N–H and O–H groups in total. The summed E-state index contributed by atoms with van der Waals surface area (Å²) in [6.45, 7) is 24.6. The topological polar surface area (TPSA) is 135 Å². The molecule has 0 radical (unpaired) electrons. The van der Waals surface area contributed by atoms with Gasteiger partial charge in [0.15, 0.2) is 0 Å². The largest absolute Gasteiger partial charge is 0.412 e. The maximum absolute atomic E-state index is 7.00. The summed E-state index contributed by atoms with van der Waals surface area (Å²) in [4.78, 5) is 0. The minimum Gasteiger partial charge on any atom is -0.412 e. The Morgan fingerprint density at radius 1 is 0.213 bits per heavy atom. The van der Waals surface area contributed by atoms with Crippen LogP contribution in [0.25, 0.3) is 0 Å². The first-order valence-electron chi connectivity index (χ1n) is 15.1. The lowest BCUT2D eigenvalue weighted by Crippen LogP contribution is -1.55. The number of hydrogen-bond acceptors (Lipinski definition) is 10. The predicted molar refractivity (Wildman–Crippen MR) is 318 cm³/mol. The number of hydrogen-bond donors (Lipinski definition) is 1. The molecule has 0 aromatic rings. The minimum atomic E-state index is 0. The standard InChI is InChI=1S/C4H10.C3H8.9C2H6O.4C2H6.CH4O.16CH4.H2O/c1-3-4-2;10*1-3-2;5*1-2;;;;;;;;;;;;;;;;;/h3-4H2,1-2H3;3H2,1-2H3;9*1-2H3;4*1-2H3;2H,1H3;16*1H4;1H2. The van der Waals surface area contributed by atoms with E-state index in [0.717, 1.165) is 7.11 Å². The van der Waals surface area contributed by atoms with Crippen LogP contribution in [0.1, 0.15) is 221 Å². The van der Waals surface area contributed by atoms with E-state index in [4.69, 9.17) is 5.11 Å². The van der Waals surface area contributed by atoms with Crippen LogP contribution in [-0.4, -0.2) is 146 Å². The monoisotopic (exact) mass is 943 g/mol. The van der Waals surface area contributed by atoms with E-state index < -0.39 is 0 Å². The van der Waals surface area contributed by atoms with Crippen LogP contribution in [0.3, 0.4) is 0 Å². The average molecular weight is 944 g/mol. The Morgan fingerprint density at radius 2 is 0.230 bits per heavy atom. The van der Waals surface area contributed by atoms with Crippen LogP contribution in [0, 0.1) is 0 Å². The van der Waals surface area contributed by atoms with E-state index in [0.29, 0.717) is 0 Å². The Morgan fingerprint density at radius 3 is 0.230 bits per heavy atom. The highest BCUT2D eigenvalue weighted by Crippen LogP contribution is 1.76. The molecule has 0 bridgehead atoms. The Bertz CT molecular complexity index is 92.3. The van der Waals surface area contributed by atoms with E-state index in [-0.39, 0.29) is 124 Å². The Labute approximate surface area is 408 Å². The first-order valence-corrected chi connectivity index (χ1v) is 15.1. The molecule has 0 fully saturated rings. The summed E-state index contributed by atoms with van der Waals surface area (Å²) in [6.07, 6.45) is 3.89. The molecule has 0 atom stereocenters. The molecule has 0 aromatic heterocycles. The summed E-state index contributed by atoms with van der Waals surface area (Å²) < 4.78 is 38.2. The van der Waals surface area contributed by atoms with Gasteiger partial charge < -0.3 is 53.2 Å². The van der Waals surface area contributed by atoms with Crippen LogP contribution in [0.15, 0.2) is 0 Å². The smallest absolute Gasteiger partial charge is 0.0351 e. The van der Waals surface area contributed by atoms with E-state index >= 15 is 0 Å². The normalized spacial score (nSPS) is 3.93. The van der Waals surface area contributed by atoms with Gasteiger partial charge in [-0.3, -0.25) is 0 Å². The molecule has 0 spiro atoms. The Kier molecular flexibility index (Phi) is 7090. The molecule has 61 heavy (non-hydrogen) atoms. The number of aliphatic hydroxyl groups excluding tert-OH is 1. The molecule has 0 aromatic carbocycles. The van der Waals surface area contributed by atoms with Gasteiger partial charge >= 0.3 is 0 Å². The van der Waals surface area contributed by atoms with E-state index in [1.807, 2.05) is 55.4 Å². The fourth-order valence-corrected chi connectivity index (χ4v) is 0. The molecular formula is C50H166O11. The summed E-state index contributed by atoms with van der Waals surface area (Å²) in [5.41, 5.74) is 0. The highest BCUT2D eigenvalue weighted by Gasteiger charge is 1.56. The maximum atomic E-state index is 7.00. The third-order valence-corrected chi connectivity index (χ3v) is 0.500. The van der Waals surface area contributed by atoms with Crippen molar-refractivity contribution in [3.05, 3.63) is 0 Å². The Hall–Kier alpha value is -0.440. The molecule has 0 amide bonds. The van der Waals surface area contributed by atoms with E-state index in [2.05, 4.69) is 70.3 Å². The lowest BCUT2D eigenvalue weighted by Gasteiger charge is -1.68. The molecule has 0 aliphatic rings. The number of aliphatic hydroxyl groups is 1. The van der Waals surface area contributed by atoms with Gasteiger partial charge in [-0.15, -0.1) is 0 Å². The van der Waals surface area contributed by atoms with E-state index in [1.165, 1.54) is 19.3 Å². The predicted octanol–water partition coefficient (Wildman–Crippen LogP) is 18.7. The molecule has 0 aliphatic carbocycles. The summed E-state index contributed by atoms with van der Waals surface area (Å²) in [7, 11) is 30.2. The van der Waals surface area contributed by atoms with Crippen LogP contribution in [0.2, 0.25) is 0 Å². The third kappa shape index (κ3) is 629000. The van der Waals surface area contributed by atoms with Crippen molar-refractivity contribution in [3.8, 4) is 0 Å². The van der Waals surface area contributed by atoms with Gasteiger partial charge in [0.2, 0.25) is 0 Å². The van der Waals surface area contributed by atoms with E-state index in [1.54, 1.807) is 128 Å². The number of methoxy groups -OCH3 is 9. The van der Waals surface area contributed by atoms with Gasteiger partial charge in [0.25, 0.3) is 0 Å². The zero-order valence-electron chi connectivity index (χ0n) is 37.7. The van der Waals surface area contributed by atoms with Crippen LogP contribution in [-0.2, 0) is 42.6 Å². The van der Waals surface area contributed by atoms with Gasteiger partial charge in [0.1, 0.15) is 0 Å². The second-order valence-corrected chi connectivity index (χ2v) is 5.38. The van der Waals surface area contributed by atoms with Crippen molar-refractivity contribution in [1.82, 2.24) is 0 Å². The molecule has 0 rings (SSSR count). The lowest BCUT2D eigenvalue weighted by molar-refractivity contribution is 0.277. The average Bonchev–Trinajstić information content (AvgIpc) is 3.02. The van der Waals surface area contributed by atoms with Crippen LogP contribution >= 0.6 is 0 Å². The molecule has 11 nitrogen and oxygen atoms in total. The van der Waals surface area contributed by atoms with Crippen molar-refractivity contribution in [2.24, 2.45) is 0 Å². The van der Waals surface area contributed by atoms with Gasteiger partial charge in [0.05, 0.1) is 0 Å². The minimum absolute atomic E-state index is 0. The van der Waals surface area contributed by atoms with Crippen LogP contribution in [0.5, 0.6) is 0 Å². The fraction of sp³-hybridized carbons (Fsp3) is 1.00. The van der Waals surface area contributed by atoms with Crippen molar-refractivity contribution < 1.29 is 53.2 Å². The summed E-state index contributed by atoms with van der Waals surface area (Å²) in [6, 6.07) is 0. The molecule has 432 valence electrons. The van der Waals surface area contributed by atoms with Gasteiger partial charge in [-0.25, -0.2) is 0 Å². The van der Waals surface area contributed by atoms with Crippen molar-refractivity contribution in [1.29, 1.82) is 0 Å². The number of unbranched alkanes of at least 4 members (excludes halogenated alkanes) is 1. The van der Waals surface area contributed by atoms with Crippen molar-refractivity contribution >= 4 is 0 Å². The molecule has 0 heterocycles. The van der Waals surface area contributed by atoms with Crippen LogP contribution in [0.4, 0.5) is 0 Å². The highest BCUT2D eigenvalue weighted by atomic mass is 16.5. The van der Waals surface area contributed by atoms with Gasteiger partial charge in [-0.05, 0) is 0 Å². The fourth-order valence-electron chi connectivity index (χ4n) is 0. The number of rotatable bonds is 1. The van der Waals surface area contributed by atoms with Gasteiger partial charge in [0, 0.05) is 135 Å². The zero-order chi connectivity index (χ0) is 40.5. The van der Waals surface area contributed by atoms with Gasteiger partial charge in [-0.2, -0.15) is 0 Å². The van der Waals surface area contributed by atoms with Gasteiger partial charge in [-0.1, -0.05) is 221 Å². The third-order valence-electron chi connectivity index (χ3n) is 0.500. The first kappa shape index (κ1) is 283. The molecule has 0 aliphatic heterocycles. The van der Waals surface area contributed by atoms with Crippen molar-refractivity contribution in [2.45, 2.75) is 221 Å². The molecule has 0 saturated carbocycles. The molecule has 11 heteroatoms. The molecule has 0 saturated heterocycles. The zero-order valence-corrected chi connectivity index (χ0v) is 37.7. The highest BCUT2D eigenvalue weighted by molar-refractivity contribution is 4.12. The summed E-state index contributed by atoms with van der Waals surface area (Å²) in [5, 5.41) is 7.00. The van der Waals surface area contributed by atoms with E-state index in [9.17, 15) is 0 Å². The SMILES string of the molecule is C.C.C.C.C.C.C.C.C.C.C.C.C.C.C.C.CC.CC.CC.CC.CCC.CCCC.CO.COC.COC.COC.COC.COC.COC.COC.COC.COC.O. The molecular weight excluding hydrogens is 777 g/mol. The summed E-state index contributed by atoms with van der Waals surface area (Å²) >= 11 is 0. The second-order valence-electron chi connectivity index (χ2n) is 5.38. The quantitative estimate of drug-likeness (QED) is 0.271. The van der Waals surface area contributed by atoms with Crippen molar-refractivity contribution in [2.75, 3.05) is 135 Å². The Balaban J connectivity index is -0.00000000436.